The van der Waals surface area contributed by atoms with Gasteiger partial charge < -0.3 is 37.3 Å². The minimum absolute atomic E-state index is 0.147. The van der Waals surface area contributed by atoms with Crippen molar-refractivity contribution in [3.63, 3.8) is 0 Å². The maximum atomic E-state index is 14.6. The number of amides is 3. The largest absolute Gasteiger partial charge is 0.361 e. The Hall–Kier alpha value is -4.72. The number of nitrogens with one attached hydrogen (secondary N) is 4. The van der Waals surface area contributed by atoms with Crippen LogP contribution in [0, 0.1) is 0 Å². The van der Waals surface area contributed by atoms with Crippen molar-refractivity contribution in [1.82, 2.24) is 30.8 Å². The summed E-state index contributed by atoms with van der Waals surface area (Å²) in [7, 11) is 1.64. The van der Waals surface area contributed by atoms with E-state index in [1.165, 1.54) is 16.7 Å². The van der Waals surface area contributed by atoms with E-state index in [4.69, 9.17) is 28.1 Å². The van der Waals surface area contributed by atoms with Gasteiger partial charge in [-0.1, -0.05) is 84.4 Å². The van der Waals surface area contributed by atoms with Crippen LogP contribution in [0.2, 0.25) is 5.02 Å². The number of rotatable bonds is 11. The minimum Gasteiger partial charge on any atom is -0.361 e. The number of benzene rings is 3. The third kappa shape index (κ3) is 10.2. The van der Waals surface area contributed by atoms with Gasteiger partial charge in [0.05, 0.1) is 11.1 Å². The molecular formula is C43H51ClN8O3S. The van der Waals surface area contributed by atoms with Crippen molar-refractivity contribution in [1.29, 1.82) is 0 Å². The van der Waals surface area contributed by atoms with Crippen molar-refractivity contribution in [2.75, 3.05) is 20.1 Å². The van der Waals surface area contributed by atoms with E-state index in [0.29, 0.717) is 50.3 Å². The van der Waals surface area contributed by atoms with Crippen LogP contribution in [-0.4, -0.2) is 70.9 Å². The van der Waals surface area contributed by atoms with E-state index >= 15 is 0 Å². The van der Waals surface area contributed by atoms with Gasteiger partial charge in [0.25, 0.3) is 0 Å². The molecule has 0 fully saturated rings. The second-order valence-corrected chi connectivity index (χ2v) is 15.6. The highest BCUT2D eigenvalue weighted by Crippen LogP contribution is 2.40. The number of likely N-dealkylation sites (N-methyl/N-ethyl adjacent to an activating group) is 1. The molecular weight excluding hydrogens is 744 g/mol. The second-order valence-electron chi connectivity index (χ2n) is 14.2. The number of carbonyl (C=O) groups is 3. The Morgan fingerprint density at radius 1 is 0.821 bits per heavy atom. The van der Waals surface area contributed by atoms with Crippen LogP contribution >= 0.6 is 23.4 Å². The molecule has 56 heavy (non-hydrogen) atoms. The van der Waals surface area contributed by atoms with Gasteiger partial charge in [-0.25, -0.2) is 4.98 Å². The summed E-state index contributed by atoms with van der Waals surface area (Å²) in [6.45, 7) is 1.46. The van der Waals surface area contributed by atoms with Crippen molar-refractivity contribution < 1.29 is 14.4 Å². The molecule has 0 spiro atoms. The molecule has 0 saturated heterocycles. The number of H-pyrrole nitrogens is 1. The summed E-state index contributed by atoms with van der Waals surface area (Å²) in [5.74, 6) is -0.969. The quantitative estimate of drug-likeness (QED) is 0.0894. The van der Waals surface area contributed by atoms with Crippen LogP contribution in [0.25, 0.3) is 22.0 Å². The lowest BCUT2D eigenvalue weighted by Crippen LogP contribution is -2.57. The lowest BCUT2D eigenvalue weighted by molar-refractivity contribution is -0.142. The smallest absolute Gasteiger partial charge is 0.245 e. The molecule has 3 heterocycles. The van der Waals surface area contributed by atoms with Crippen LogP contribution in [-0.2, 0) is 33.9 Å². The number of nitrogens with two attached hydrogens (primary N) is 2. The molecule has 8 N–H and O–H groups in total. The van der Waals surface area contributed by atoms with E-state index in [1.54, 1.807) is 13.2 Å². The standard InChI is InChI=1S/C43H51ClN8O3S/c1-52-38(24-31-26-48-35-16-6-5-15-33(31)35)41(54)50-27-32-22-30(28-12-3-2-4-13-28)23-34(44)39(32)56-42-29(14-11-21-47-42)25-49-36(17-7-9-19-45)40(53)51-37(43(52)55)18-8-10-20-46/h2-6,11-16,21-23,26,36-38,48-49H,7-10,17-20,24-25,27,45-46H2,1H3,(H,50,54)(H,51,53)/t36-,37-,38-/m0/s1. The number of hydrogen-bond acceptors (Lipinski definition) is 8. The number of unbranched alkanes of at least 4 members (excludes halogenated alkanes) is 2. The molecule has 6 rings (SSSR count). The molecule has 0 unspecified atom stereocenters. The molecule has 3 atom stereocenters. The highest BCUT2D eigenvalue weighted by atomic mass is 35.5. The summed E-state index contributed by atoms with van der Waals surface area (Å²) >= 11 is 8.54. The molecule has 2 aromatic heterocycles. The van der Waals surface area contributed by atoms with E-state index in [9.17, 15) is 14.4 Å². The average Bonchev–Trinajstić information content (AvgIpc) is 3.63. The lowest BCUT2D eigenvalue weighted by Gasteiger charge is -2.32. The Morgan fingerprint density at radius 2 is 1.55 bits per heavy atom. The minimum atomic E-state index is -0.906. The molecule has 3 aromatic carbocycles. The summed E-state index contributed by atoms with van der Waals surface area (Å²) < 4.78 is 0. The van der Waals surface area contributed by atoms with Gasteiger partial charge in [0, 0.05) is 54.8 Å². The molecule has 13 heteroatoms. The Kier molecular flexibility index (Phi) is 14.6. The van der Waals surface area contributed by atoms with Crippen molar-refractivity contribution in [2.24, 2.45) is 11.5 Å². The number of nitrogens with zero attached hydrogens (tertiary/aromatic N) is 2. The first-order valence-electron chi connectivity index (χ1n) is 19.3. The number of para-hydroxylation sites is 1. The van der Waals surface area contributed by atoms with Gasteiger partial charge >= 0.3 is 0 Å². The molecule has 0 radical (unpaired) electrons. The summed E-state index contributed by atoms with van der Waals surface area (Å²) in [4.78, 5) is 53.6. The Morgan fingerprint density at radius 3 is 2.32 bits per heavy atom. The SMILES string of the molecule is CN1C(=O)[C@H](CCCCN)NC(=O)[C@H](CCCCN)NCc2cccnc2Sc2c(Cl)cc(-c3ccccc3)cc2CNC(=O)[C@@H]1Cc1c[nH]c2ccccc12. The summed E-state index contributed by atoms with van der Waals surface area (Å²) in [5.41, 5.74) is 17.1. The predicted molar refractivity (Wildman–Crippen MR) is 224 cm³/mol. The second kappa shape index (κ2) is 19.9. The average molecular weight is 795 g/mol. The summed E-state index contributed by atoms with van der Waals surface area (Å²) in [5, 5.41) is 11.9. The van der Waals surface area contributed by atoms with Crippen LogP contribution < -0.4 is 27.4 Å². The molecule has 1 aliphatic heterocycles. The van der Waals surface area contributed by atoms with E-state index in [2.05, 4.69) is 20.9 Å². The number of hydrogen-bond donors (Lipinski definition) is 6. The van der Waals surface area contributed by atoms with Gasteiger partial charge in [-0.15, -0.1) is 0 Å². The maximum Gasteiger partial charge on any atom is 0.245 e. The normalized spacial score (nSPS) is 18.5. The van der Waals surface area contributed by atoms with Crippen LogP contribution in [0.15, 0.2) is 101 Å². The van der Waals surface area contributed by atoms with Crippen molar-refractivity contribution >= 4 is 52.0 Å². The fourth-order valence-electron chi connectivity index (χ4n) is 7.13. The highest BCUT2D eigenvalue weighted by Gasteiger charge is 2.34. The highest BCUT2D eigenvalue weighted by molar-refractivity contribution is 7.99. The first-order valence-corrected chi connectivity index (χ1v) is 20.5. The van der Waals surface area contributed by atoms with E-state index in [1.807, 2.05) is 85.1 Å². The van der Waals surface area contributed by atoms with Gasteiger partial charge in [-0.3, -0.25) is 14.4 Å². The van der Waals surface area contributed by atoms with Gasteiger partial charge in [0.15, 0.2) is 0 Å². The third-order valence-corrected chi connectivity index (χ3v) is 12.0. The zero-order valence-electron chi connectivity index (χ0n) is 31.7. The molecule has 1 aliphatic rings. The number of aromatic amines is 1. The number of halogens is 1. The molecule has 0 aliphatic carbocycles. The Balaban J connectivity index is 1.44. The zero-order valence-corrected chi connectivity index (χ0v) is 33.3. The Bertz CT molecular complexity index is 2110. The number of pyridine rings is 1. The fraction of sp³-hybridized carbons (Fsp3) is 0.349. The Labute approximate surface area is 337 Å². The van der Waals surface area contributed by atoms with Gasteiger partial charge in [0.1, 0.15) is 17.1 Å². The zero-order chi connectivity index (χ0) is 39.4. The maximum absolute atomic E-state index is 14.6. The molecule has 0 bridgehead atoms. The topological polar surface area (TPSA) is 171 Å². The van der Waals surface area contributed by atoms with Crippen molar-refractivity contribution in [2.45, 2.75) is 86.1 Å². The molecule has 11 nitrogen and oxygen atoms in total. The lowest BCUT2D eigenvalue weighted by atomic mass is 10.0. The first-order chi connectivity index (χ1) is 27.3. The predicted octanol–water partition coefficient (Wildman–Crippen LogP) is 5.94. The van der Waals surface area contributed by atoms with Gasteiger partial charge in [-0.2, -0.15) is 0 Å². The molecule has 294 valence electrons. The monoisotopic (exact) mass is 794 g/mol. The van der Waals surface area contributed by atoms with Gasteiger partial charge in [0.2, 0.25) is 17.7 Å². The van der Waals surface area contributed by atoms with Crippen molar-refractivity contribution in [3.8, 4) is 11.1 Å². The van der Waals surface area contributed by atoms with Crippen LogP contribution in [0.4, 0.5) is 0 Å². The number of carbonyl (C=O) groups excluding carboxylic acids is 3. The summed E-state index contributed by atoms with van der Waals surface area (Å²) in [6, 6.07) is 23.3. The van der Waals surface area contributed by atoms with E-state index < -0.39 is 18.1 Å². The first kappa shape index (κ1) is 40.9. The number of fused-ring (bicyclic) bond motifs is 3. The fourth-order valence-corrected chi connectivity index (χ4v) is 8.48. The molecule has 5 aromatic rings. The van der Waals surface area contributed by atoms with Crippen molar-refractivity contribution in [3.05, 3.63) is 113 Å². The van der Waals surface area contributed by atoms with Crippen LogP contribution in [0.3, 0.4) is 0 Å². The van der Waals surface area contributed by atoms with Gasteiger partial charge in [-0.05, 0) is 97.3 Å². The third-order valence-electron chi connectivity index (χ3n) is 10.3. The molecule has 0 saturated carbocycles. The van der Waals surface area contributed by atoms with E-state index in [0.717, 1.165) is 61.5 Å². The van der Waals surface area contributed by atoms with Crippen LogP contribution in [0.5, 0.6) is 0 Å². The molecule has 3 amide bonds. The van der Waals surface area contributed by atoms with Crippen LogP contribution in [0.1, 0.15) is 55.2 Å². The number of aromatic nitrogens is 2. The van der Waals surface area contributed by atoms with E-state index in [-0.39, 0.29) is 30.7 Å². The summed E-state index contributed by atoms with van der Waals surface area (Å²) in [6.07, 6.45) is 7.56.